The van der Waals surface area contributed by atoms with E-state index in [4.69, 9.17) is 4.74 Å². The molecule has 0 aliphatic heterocycles. The van der Waals surface area contributed by atoms with Crippen LogP contribution >= 0.6 is 0 Å². The molecule has 0 fully saturated rings. The lowest BCUT2D eigenvalue weighted by molar-refractivity contribution is 0.308. The van der Waals surface area contributed by atoms with Gasteiger partial charge in [0.25, 0.3) is 0 Å². The number of methoxy groups -OCH3 is 1. The third-order valence-electron chi connectivity index (χ3n) is 4.16. The lowest BCUT2D eigenvalue weighted by Crippen LogP contribution is -2.38. The van der Waals surface area contributed by atoms with E-state index in [0.717, 1.165) is 24.6 Å². The van der Waals surface area contributed by atoms with Crippen LogP contribution in [0.3, 0.4) is 0 Å². The molecule has 1 aromatic carbocycles. The van der Waals surface area contributed by atoms with Crippen LogP contribution in [-0.2, 0) is 6.42 Å². The van der Waals surface area contributed by atoms with Crippen molar-refractivity contribution in [3.8, 4) is 5.75 Å². The monoisotopic (exact) mass is 291 g/mol. The molecule has 0 saturated heterocycles. The van der Waals surface area contributed by atoms with E-state index in [0.29, 0.717) is 6.04 Å². The van der Waals surface area contributed by atoms with E-state index in [1.807, 2.05) is 0 Å². The third kappa shape index (κ3) is 6.52. The number of ether oxygens (including phenoxy) is 1. The van der Waals surface area contributed by atoms with Gasteiger partial charge in [-0.2, -0.15) is 0 Å². The molecule has 2 nitrogen and oxygen atoms in total. The first kappa shape index (κ1) is 18.0. The van der Waals surface area contributed by atoms with Crippen molar-refractivity contribution in [1.29, 1.82) is 0 Å². The normalized spacial score (nSPS) is 12.6. The number of hydrogen-bond acceptors (Lipinski definition) is 2. The lowest BCUT2D eigenvalue weighted by Gasteiger charge is -2.28. The topological polar surface area (TPSA) is 21.3 Å². The summed E-state index contributed by atoms with van der Waals surface area (Å²) in [4.78, 5) is 0. The molecule has 1 aromatic rings. The van der Waals surface area contributed by atoms with Crippen molar-refractivity contribution in [2.24, 2.45) is 5.92 Å². The van der Waals surface area contributed by atoms with E-state index in [9.17, 15) is 0 Å². The summed E-state index contributed by atoms with van der Waals surface area (Å²) in [5.74, 6) is 1.73. The molecule has 0 radical (unpaired) electrons. The maximum atomic E-state index is 5.25. The van der Waals surface area contributed by atoms with Crippen molar-refractivity contribution < 1.29 is 4.74 Å². The van der Waals surface area contributed by atoms with Gasteiger partial charge in [-0.05, 0) is 55.8 Å². The summed E-state index contributed by atoms with van der Waals surface area (Å²) in [5, 5.41) is 3.78. The zero-order chi connectivity index (χ0) is 15.5. The minimum atomic E-state index is 0.596. The highest BCUT2D eigenvalue weighted by molar-refractivity contribution is 5.27. The molecule has 1 atom stereocenters. The highest BCUT2D eigenvalue weighted by Crippen LogP contribution is 2.22. The highest BCUT2D eigenvalue weighted by atomic mass is 16.5. The van der Waals surface area contributed by atoms with Gasteiger partial charge in [0.15, 0.2) is 0 Å². The van der Waals surface area contributed by atoms with Gasteiger partial charge in [0.1, 0.15) is 5.75 Å². The summed E-state index contributed by atoms with van der Waals surface area (Å²) in [6, 6.07) is 9.14. The lowest BCUT2D eigenvalue weighted by atomic mass is 9.86. The SMILES string of the molecule is CCCNC(Cc1ccc(OC)cc1)C(CCC)CCC. The largest absolute Gasteiger partial charge is 0.497 e. The Bertz CT molecular complexity index is 354. The quantitative estimate of drug-likeness (QED) is 0.631. The van der Waals surface area contributed by atoms with Gasteiger partial charge < -0.3 is 10.1 Å². The van der Waals surface area contributed by atoms with Crippen molar-refractivity contribution in [3.63, 3.8) is 0 Å². The Kier molecular flexibility index (Phi) is 9.16. The van der Waals surface area contributed by atoms with E-state index >= 15 is 0 Å². The zero-order valence-corrected chi connectivity index (χ0v) is 14.3. The first-order valence-electron chi connectivity index (χ1n) is 8.61. The second-order valence-electron chi connectivity index (χ2n) is 5.95. The predicted molar refractivity (Wildman–Crippen MR) is 92.1 cm³/mol. The van der Waals surface area contributed by atoms with Crippen LogP contribution in [0.25, 0.3) is 0 Å². The van der Waals surface area contributed by atoms with E-state index in [-0.39, 0.29) is 0 Å². The second-order valence-corrected chi connectivity index (χ2v) is 5.95. The van der Waals surface area contributed by atoms with Crippen molar-refractivity contribution in [3.05, 3.63) is 29.8 Å². The molecule has 0 heterocycles. The number of benzene rings is 1. The summed E-state index contributed by atoms with van der Waals surface area (Å²) in [7, 11) is 1.72. The van der Waals surface area contributed by atoms with Crippen LogP contribution in [0.2, 0.25) is 0 Å². The average Bonchev–Trinajstić information content (AvgIpc) is 2.52. The molecule has 0 aliphatic carbocycles. The van der Waals surface area contributed by atoms with E-state index in [2.05, 4.69) is 50.4 Å². The Hall–Kier alpha value is -1.02. The molecule has 2 heteroatoms. The Balaban J connectivity index is 2.73. The van der Waals surface area contributed by atoms with Gasteiger partial charge in [0.2, 0.25) is 0 Å². The Morgan fingerprint density at radius 2 is 1.57 bits per heavy atom. The fraction of sp³-hybridized carbons (Fsp3) is 0.684. The van der Waals surface area contributed by atoms with Crippen LogP contribution in [0, 0.1) is 5.92 Å². The molecule has 0 aromatic heterocycles. The van der Waals surface area contributed by atoms with Crippen molar-refractivity contribution >= 4 is 0 Å². The van der Waals surface area contributed by atoms with E-state index < -0.39 is 0 Å². The molecule has 1 unspecified atom stereocenters. The maximum absolute atomic E-state index is 5.25. The smallest absolute Gasteiger partial charge is 0.118 e. The van der Waals surface area contributed by atoms with Crippen LogP contribution in [0.4, 0.5) is 0 Å². The average molecular weight is 291 g/mol. The minimum Gasteiger partial charge on any atom is -0.497 e. The maximum Gasteiger partial charge on any atom is 0.118 e. The van der Waals surface area contributed by atoms with Gasteiger partial charge in [-0.25, -0.2) is 0 Å². The van der Waals surface area contributed by atoms with Gasteiger partial charge in [-0.1, -0.05) is 45.7 Å². The fourth-order valence-corrected chi connectivity index (χ4v) is 3.04. The summed E-state index contributed by atoms with van der Waals surface area (Å²) in [5.41, 5.74) is 1.40. The zero-order valence-electron chi connectivity index (χ0n) is 14.3. The first-order chi connectivity index (χ1) is 10.2. The van der Waals surface area contributed by atoms with Crippen LogP contribution in [0.5, 0.6) is 5.75 Å². The minimum absolute atomic E-state index is 0.596. The molecule has 0 amide bonds. The fourth-order valence-electron chi connectivity index (χ4n) is 3.04. The molecule has 1 rings (SSSR count). The Labute approximate surface area is 131 Å². The second kappa shape index (κ2) is 10.7. The summed E-state index contributed by atoms with van der Waals surface area (Å²) in [6.07, 6.45) is 7.52. The van der Waals surface area contributed by atoms with E-state index in [1.165, 1.54) is 37.7 Å². The van der Waals surface area contributed by atoms with Gasteiger partial charge in [0, 0.05) is 6.04 Å². The van der Waals surface area contributed by atoms with Crippen LogP contribution in [0.1, 0.15) is 58.4 Å². The van der Waals surface area contributed by atoms with Crippen molar-refractivity contribution in [2.45, 2.75) is 65.3 Å². The van der Waals surface area contributed by atoms with E-state index in [1.54, 1.807) is 7.11 Å². The van der Waals surface area contributed by atoms with Crippen LogP contribution in [0.15, 0.2) is 24.3 Å². The molecule has 0 saturated carbocycles. The van der Waals surface area contributed by atoms with Gasteiger partial charge >= 0.3 is 0 Å². The number of hydrogen-bond donors (Lipinski definition) is 1. The van der Waals surface area contributed by atoms with Crippen LogP contribution < -0.4 is 10.1 Å². The Morgan fingerprint density at radius 3 is 2.05 bits per heavy atom. The van der Waals surface area contributed by atoms with Gasteiger partial charge in [-0.3, -0.25) is 0 Å². The molecule has 21 heavy (non-hydrogen) atoms. The van der Waals surface area contributed by atoms with Crippen molar-refractivity contribution in [1.82, 2.24) is 5.32 Å². The third-order valence-corrected chi connectivity index (χ3v) is 4.16. The van der Waals surface area contributed by atoms with Gasteiger partial charge in [0.05, 0.1) is 7.11 Å². The predicted octanol–water partition coefficient (Wildman–Crippen LogP) is 4.82. The van der Waals surface area contributed by atoms with Crippen molar-refractivity contribution in [2.75, 3.05) is 13.7 Å². The molecular weight excluding hydrogens is 258 g/mol. The van der Waals surface area contributed by atoms with Gasteiger partial charge in [-0.15, -0.1) is 0 Å². The highest BCUT2D eigenvalue weighted by Gasteiger charge is 2.19. The Morgan fingerprint density at radius 1 is 0.952 bits per heavy atom. The molecular formula is C19H33NO. The number of rotatable bonds is 11. The van der Waals surface area contributed by atoms with Crippen LogP contribution in [-0.4, -0.2) is 19.7 Å². The first-order valence-corrected chi connectivity index (χ1v) is 8.61. The molecule has 0 bridgehead atoms. The standard InChI is InChI=1S/C19H33NO/c1-5-8-17(9-6-2)19(20-14-7-3)15-16-10-12-18(21-4)13-11-16/h10-13,17,19-20H,5-9,14-15H2,1-4H3. The summed E-state index contributed by atoms with van der Waals surface area (Å²) >= 11 is 0. The number of nitrogens with one attached hydrogen (secondary N) is 1. The molecule has 0 spiro atoms. The molecule has 0 aliphatic rings. The molecule has 1 N–H and O–H groups in total. The summed E-state index contributed by atoms with van der Waals surface area (Å²) < 4.78 is 5.25. The summed E-state index contributed by atoms with van der Waals surface area (Å²) in [6.45, 7) is 7.96. The molecule has 120 valence electrons.